The van der Waals surface area contributed by atoms with E-state index in [-0.39, 0.29) is 0 Å². The van der Waals surface area contributed by atoms with E-state index in [0.717, 1.165) is 55.2 Å². The lowest BCUT2D eigenvalue weighted by Gasteiger charge is -2.14. The molecule has 0 atom stereocenters. The first kappa shape index (κ1) is 31.9. The summed E-state index contributed by atoms with van der Waals surface area (Å²) in [5.41, 5.74) is 9.67. The molecule has 0 aliphatic rings. The van der Waals surface area contributed by atoms with Crippen LogP contribution in [-0.4, -0.2) is 24.1 Å². The van der Waals surface area contributed by atoms with Crippen LogP contribution in [0.1, 0.15) is 0 Å². The lowest BCUT2D eigenvalue weighted by atomic mass is 10.0. The third kappa shape index (κ3) is 4.91. The van der Waals surface area contributed by atoms with Crippen molar-refractivity contribution in [2.75, 3.05) is 0 Å². The minimum atomic E-state index is 0.570. The zero-order valence-electron chi connectivity index (χ0n) is 30.5. The van der Waals surface area contributed by atoms with Gasteiger partial charge in [-0.2, -0.15) is 9.97 Å². The van der Waals surface area contributed by atoms with Gasteiger partial charge in [-0.1, -0.05) is 158 Å². The summed E-state index contributed by atoms with van der Waals surface area (Å²) in [6.07, 6.45) is 0. The second kappa shape index (κ2) is 12.6. The van der Waals surface area contributed by atoms with E-state index in [1.807, 2.05) is 35.6 Å². The summed E-state index contributed by atoms with van der Waals surface area (Å²) in [6.45, 7) is 0. The zero-order valence-corrected chi connectivity index (χ0v) is 31.4. The largest absolute Gasteiger partial charge is 0.306 e. The van der Waals surface area contributed by atoms with Crippen LogP contribution in [0.3, 0.4) is 0 Å². The average Bonchev–Trinajstić information content (AvgIpc) is 3.95. The quantitative estimate of drug-likeness (QED) is 0.176. The van der Waals surface area contributed by atoms with Crippen molar-refractivity contribution in [3.05, 3.63) is 188 Å². The monoisotopic (exact) mass is 745 g/mol. The molecule has 4 aromatic heterocycles. The molecule has 57 heavy (non-hydrogen) atoms. The van der Waals surface area contributed by atoms with Gasteiger partial charge in [0.15, 0.2) is 11.6 Å². The van der Waals surface area contributed by atoms with Crippen molar-refractivity contribution in [3.8, 4) is 45.5 Å². The van der Waals surface area contributed by atoms with Crippen LogP contribution in [0.4, 0.5) is 0 Å². The molecule has 8 aromatic carbocycles. The number of thiophene rings is 1. The van der Waals surface area contributed by atoms with Gasteiger partial charge >= 0.3 is 0 Å². The summed E-state index contributed by atoms with van der Waals surface area (Å²) in [7, 11) is 0. The van der Waals surface area contributed by atoms with Gasteiger partial charge in [-0.25, -0.2) is 4.98 Å². The lowest BCUT2D eigenvalue weighted by Crippen LogP contribution is -2.07. The molecular formula is C51H31N5S. The Hall–Kier alpha value is -7.41. The molecule has 0 fully saturated rings. The smallest absolute Gasteiger partial charge is 0.238 e. The van der Waals surface area contributed by atoms with Crippen LogP contribution >= 0.6 is 11.3 Å². The topological polar surface area (TPSA) is 48.5 Å². The maximum absolute atomic E-state index is 5.35. The zero-order chi connectivity index (χ0) is 37.5. The van der Waals surface area contributed by atoms with Crippen molar-refractivity contribution < 1.29 is 0 Å². The minimum Gasteiger partial charge on any atom is -0.306 e. The summed E-state index contributed by atoms with van der Waals surface area (Å²) < 4.78 is 7.29. The van der Waals surface area contributed by atoms with Crippen LogP contribution in [0.2, 0.25) is 0 Å². The fourth-order valence-electron chi connectivity index (χ4n) is 8.65. The Labute approximate surface area is 331 Å². The fourth-order valence-corrected chi connectivity index (χ4v) is 9.78. The predicted molar refractivity (Wildman–Crippen MR) is 238 cm³/mol. The van der Waals surface area contributed by atoms with E-state index < -0.39 is 0 Å². The molecule has 0 N–H and O–H groups in total. The van der Waals surface area contributed by atoms with E-state index >= 15 is 0 Å². The van der Waals surface area contributed by atoms with E-state index in [2.05, 4.69) is 173 Å². The normalized spacial score (nSPS) is 11.9. The summed E-state index contributed by atoms with van der Waals surface area (Å²) in [5.74, 6) is 1.81. The number of nitrogens with zero attached hydrogens (tertiary/aromatic N) is 5. The van der Waals surface area contributed by atoms with Crippen LogP contribution in [0.5, 0.6) is 0 Å². The average molecular weight is 746 g/mol. The molecule has 12 rings (SSSR count). The molecular weight excluding hydrogens is 715 g/mol. The molecule has 12 aromatic rings. The number of hydrogen-bond acceptors (Lipinski definition) is 4. The van der Waals surface area contributed by atoms with Gasteiger partial charge in [0.1, 0.15) is 0 Å². The van der Waals surface area contributed by atoms with Crippen molar-refractivity contribution in [1.82, 2.24) is 24.1 Å². The number of fused-ring (bicyclic) bond motifs is 10. The van der Waals surface area contributed by atoms with E-state index in [1.54, 1.807) is 0 Å². The molecule has 5 nitrogen and oxygen atoms in total. The molecule has 0 spiro atoms. The number of benzene rings is 8. The van der Waals surface area contributed by atoms with Crippen LogP contribution in [-0.2, 0) is 0 Å². The Morgan fingerprint density at radius 1 is 0.333 bits per heavy atom. The molecule has 0 bridgehead atoms. The Balaban J connectivity index is 1.20. The van der Waals surface area contributed by atoms with Crippen molar-refractivity contribution in [3.63, 3.8) is 0 Å². The highest BCUT2D eigenvalue weighted by atomic mass is 32.1. The molecule has 0 aliphatic carbocycles. The van der Waals surface area contributed by atoms with Gasteiger partial charge in [-0.3, -0.25) is 4.57 Å². The highest BCUT2D eigenvalue weighted by Crippen LogP contribution is 2.44. The summed E-state index contributed by atoms with van der Waals surface area (Å²) >= 11 is 1.84. The first-order valence-corrected chi connectivity index (χ1v) is 19.9. The van der Waals surface area contributed by atoms with Crippen LogP contribution < -0.4 is 0 Å². The molecule has 0 aliphatic heterocycles. The van der Waals surface area contributed by atoms with Gasteiger partial charge in [0.25, 0.3) is 0 Å². The number of para-hydroxylation sites is 2. The van der Waals surface area contributed by atoms with Gasteiger partial charge < -0.3 is 4.57 Å². The Morgan fingerprint density at radius 2 is 0.825 bits per heavy atom. The van der Waals surface area contributed by atoms with Crippen molar-refractivity contribution in [2.45, 2.75) is 0 Å². The minimum absolute atomic E-state index is 0.570. The number of hydrogen-bond donors (Lipinski definition) is 0. The fraction of sp³-hybridized carbons (Fsp3) is 0. The molecule has 0 unspecified atom stereocenters. The van der Waals surface area contributed by atoms with Gasteiger partial charge in [0, 0.05) is 52.8 Å². The first-order chi connectivity index (χ1) is 28.3. The van der Waals surface area contributed by atoms with Crippen LogP contribution in [0.15, 0.2) is 188 Å². The lowest BCUT2D eigenvalue weighted by molar-refractivity contribution is 0.953. The third-order valence-corrected chi connectivity index (χ3v) is 12.3. The van der Waals surface area contributed by atoms with Crippen molar-refractivity contribution in [2.24, 2.45) is 0 Å². The van der Waals surface area contributed by atoms with Gasteiger partial charge in [-0.15, -0.1) is 11.3 Å². The van der Waals surface area contributed by atoms with Crippen LogP contribution in [0, 0.1) is 0 Å². The molecule has 266 valence electrons. The molecule has 0 radical (unpaired) electrons. The summed E-state index contributed by atoms with van der Waals surface area (Å²) in [6, 6.07) is 66.6. The van der Waals surface area contributed by atoms with E-state index in [9.17, 15) is 0 Å². The highest BCUT2D eigenvalue weighted by Gasteiger charge is 2.24. The molecule has 0 amide bonds. The number of rotatable bonds is 5. The van der Waals surface area contributed by atoms with Crippen molar-refractivity contribution in [1.29, 1.82) is 0 Å². The molecule has 6 heteroatoms. The van der Waals surface area contributed by atoms with Crippen LogP contribution in [0.25, 0.3) is 109 Å². The van der Waals surface area contributed by atoms with Crippen molar-refractivity contribution >= 4 is 75.1 Å². The molecule has 0 saturated carbocycles. The summed E-state index contributed by atoms with van der Waals surface area (Å²) in [5, 5.41) is 7.17. The highest BCUT2D eigenvalue weighted by molar-refractivity contribution is 7.25. The predicted octanol–water partition coefficient (Wildman–Crippen LogP) is 13.4. The standard InChI is InChI=1S/C51H31N5S/c1-3-14-32(15-4-1)33-26-28-35(29-27-33)50-52-49(34-16-5-2-6-17-34)53-51(54-50)56-42-22-11-8-19-37(42)39-31-30-38-36-18-7-10-21-41(36)55(47(38)48(39)56)43-23-13-25-45-46(43)40-20-9-12-24-44(40)57-45/h1-31H. The SMILES string of the molecule is c1ccc(-c2ccc(-c3nc(-c4ccccc4)nc(-n4c5ccccc5c5ccc6c7ccccc7n(-c7cccc8sc9ccccc9c78)c6c54)n3)cc2)cc1. The maximum atomic E-state index is 5.35. The third-order valence-electron chi connectivity index (χ3n) is 11.2. The molecule has 0 saturated heterocycles. The van der Waals surface area contributed by atoms with Gasteiger partial charge in [-0.05, 0) is 41.5 Å². The van der Waals surface area contributed by atoms with E-state index in [4.69, 9.17) is 15.0 Å². The maximum Gasteiger partial charge on any atom is 0.238 e. The number of aromatic nitrogens is 5. The Morgan fingerprint density at radius 3 is 1.51 bits per heavy atom. The van der Waals surface area contributed by atoms with Gasteiger partial charge in [0.05, 0.1) is 27.8 Å². The second-order valence-electron chi connectivity index (χ2n) is 14.4. The molecule has 4 heterocycles. The summed E-state index contributed by atoms with van der Waals surface area (Å²) in [4.78, 5) is 15.8. The second-order valence-corrected chi connectivity index (χ2v) is 15.5. The first-order valence-electron chi connectivity index (χ1n) is 19.1. The Bertz CT molecular complexity index is 3510. The van der Waals surface area contributed by atoms with E-state index in [1.165, 1.54) is 36.5 Å². The van der Waals surface area contributed by atoms with Gasteiger partial charge in [0.2, 0.25) is 5.95 Å². The van der Waals surface area contributed by atoms with E-state index in [0.29, 0.717) is 17.6 Å². The Kier molecular flexibility index (Phi) is 7.03.